The lowest BCUT2D eigenvalue weighted by atomic mass is 10.1. The SMILES string of the molecule is Nc1nc2c(nc(N(c3ccccc3)c3ccccc3)n2[C@@H]2O[C@H](CO)[C@@H](O)[C@H]2O)c(=O)[nH]1. The van der Waals surface area contributed by atoms with Crippen LogP contribution in [-0.4, -0.2) is 59.8 Å². The number of aliphatic hydroxyl groups is 3. The van der Waals surface area contributed by atoms with Crippen molar-refractivity contribution in [3.05, 3.63) is 71.0 Å². The Bertz CT molecular complexity index is 1290. The van der Waals surface area contributed by atoms with Gasteiger partial charge in [0.2, 0.25) is 11.9 Å². The Morgan fingerprint density at radius 3 is 2.15 bits per heavy atom. The molecule has 6 N–H and O–H groups in total. The average Bonchev–Trinajstić information content (AvgIpc) is 3.33. The van der Waals surface area contributed by atoms with Crippen LogP contribution in [0.25, 0.3) is 11.2 Å². The number of ether oxygens (including phenoxy) is 1. The van der Waals surface area contributed by atoms with Crippen LogP contribution in [0.1, 0.15) is 6.23 Å². The molecule has 2 aromatic heterocycles. The van der Waals surface area contributed by atoms with Crippen LogP contribution >= 0.6 is 0 Å². The lowest BCUT2D eigenvalue weighted by molar-refractivity contribution is -0.0502. The summed E-state index contributed by atoms with van der Waals surface area (Å²) in [6.07, 6.45) is -5.00. The van der Waals surface area contributed by atoms with Gasteiger partial charge in [0, 0.05) is 11.4 Å². The number of nitrogens with zero attached hydrogens (tertiary/aromatic N) is 4. The highest BCUT2D eigenvalue weighted by Crippen LogP contribution is 2.40. The predicted octanol–water partition coefficient (Wildman–Crippen LogP) is 0.783. The highest BCUT2D eigenvalue weighted by Gasteiger charge is 2.45. The third-order valence-electron chi connectivity index (χ3n) is 5.55. The Labute approximate surface area is 187 Å². The van der Waals surface area contributed by atoms with Crippen molar-refractivity contribution in [2.45, 2.75) is 24.5 Å². The number of fused-ring (bicyclic) bond motifs is 1. The number of nitrogens with one attached hydrogen (secondary N) is 1. The number of para-hydroxylation sites is 2. The summed E-state index contributed by atoms with van der Waals surface area (Å²) in [5, 5.41) is 30.7. The van der Waals surface area contributed by atoms with Crippen molar-refractivity contribution in [2.24, 2.45) is 0 Å². The van der Waals surface area contributed by atoms with E-state index in [1.54, 1.807) is 4.90 Å². The number of hydrogen-bond acceptors (Lipinski definition) is 9. The van der Waals surface area contributed by atoms with Crippen molar-refractivity contribution in [3.63, 3.8) is 0 Å². The molecule has 1 saturated heterocycles. The molecule has 1 fully saturated rings. The van der Waals surface area contributed by atoms with E-state index in [2.05, 4.69) is 15.0 Å². The molecule has 0 radical (unpaired) electrons. The normalized spacial score (nSPS) is 22.6. The van der Waals surface area contributed by atoms with Gasteiger partial charge in [0.25, 0.3) is 5.56 Å². The minimum Gasteiger partial charge on any atom is -0.394 e. The van der Waals surface area contributed by atoms with Crippen LogP contribution in [0.15, 0.2) is 65.5 Å². The summed E-state index contributed by atoms with van der Waals surface area (Å²) in [5.74, 6) is 0.0683. The van der Waals surface area contributed by atoms with Crippen LogP contribution in [0.5, 0.6) is 0 Å². The fourth-order valence-corrected chi connectivity index (χ4v) is 4.01. The monoisotopic (exact) mass is 450 g/mol. The fourth-order valence-electron chi connectivity index (χ4n) is 4.01. The molecule has 33 heavy (non-hydrogen) atoms. The van der Waals surface area contributed by atoms with Crippen molar-refractivity contribution in [3.8, 4) is 0 Å². The lowest BCUT2D eigenvalue weighted by Gasteiger charge is -2.27. The van der Waals surface area contributed by atoms with E-state index >= 15 is 0 Å². The van der Waals surface area contributed by atoms with E-state index in [-0.39, 0.29) is 23.1 Å². The van der Waals surface area contributed by atoms with Crippen molar-refractivity contribution in [2.75, 3.05) is 17.2 Å². The number of H-pyrrole nitrogens is 1. The van der Waals surface area contributed by atoms with E-state index in [1.165, 1.54) is 4.57 Å². The van der Waals surface area contributed by atoms with Gasteiger partial charge >= 0.3 is 0 Å². The number of aromatic amines is 1. The highest BCUT2D eigenvalue weighted by atomic mass is 16.6. The number of anilines is 4. The molecule has 11 nitrogen and oxygen atoms in total. The topological polar surface area (TPSA) is 163 Å². The number of nitrogens with two attached hydrogens (primary N) is 1. The first-order valence-electron chi connectivity index (χ1n) is 10.3. The minimum atomic E-state index is -1.42. The molecule has 4 aromatic rings. The summed E-state index contributed by atoms with van der Waals surface area (Å²) in [6.45, 7) is -0.506. The van der Waals surface area contributed by atoms with Crippen LogP contribution in [0.2, 0.25) is 0 Å². The third-order valence-corrected chi connectivity index (χ3v) is 5.55. The second-order valence-electron chi connectivity index (χ2n) is 7.64. The largest absolute Gasteiger partial charge is 0.394 e. The second kappa shape index (κ2) is 8.30. The number of hydrogen-bond donors (Lipinski definition) is 5. The Balaban J connectivity index is 1.81. The first-order chi connectivity index (χ1) is 16.0. The maximum absolute atomic E-state index is 12.7. The van der Waals surface area contributed by atoms with Gasteiger partial charge in [0.1, 0.15) is 18.3 Å². The van der Waals surface area contributed by atoms with E-state index in [4.69, 9.17) is 10.5 Å². The molecule has 11 heteroatoms. The zero-order valence-electron chi connectivity index (χ0n) is 17.3. The summed E-state index contributed by atoms with van der Waals surface area (Å²) in [5.41, 5.74) is 6.72. The van der Waals surface area contributed by atoms with Crippen LogP contribution in [0.4, 0.5) is 23.3 Å². The number of benzene rings is 2. The van der Waals surface area contributed by atoms with Gasteiger partial charge in [-0.2, -0.15) is 4.98 Å². The molecule has 0 spiro atoms. The molecule has 1 aliphatic heterocycles. The van der Waals surface area contributed by atoms with Crippen molar-refractivity contribution in [1.29, 1.82) is 0 Å². The van der Waals surface area contributed by atoms with Gasteiger partial charge in [0.15, 0.2) is 17.4 Å². The third kappa shape index (κ3) is 3.52. The minimum absolute atomic E-state index is 0.0196. The first-order valence-corrected chi connectivity index (χ1v) is 10.3. The fraction of sp³-hybridized carbons (Fsp3) is 0.227. The number of imidazole rings is 1. The highest BCUT2D eigenvalue weighted by molar-refractivity contribution is 5.81. The Morgan fingerprint density at radius 2 is 1.61 bits per heavy atom. The molecule has 5 rings (SSSR count). The Hall–Kier alpha value is -3.77. The maximum atomic E-state index is 12.7. The molecule has 4 atom stereocenters. The van der Waals surface area contributed by atoms with Gasteiger partial charge in [-0.25, -0.2) is 4.98 Å². The molecule has 0 amide bonds. The summed E-state index contributed by atoms with van der Waals surface area (Å²) in [7, 11) is 0. The Kier molecular flexibility index (Phi) is 5.30. The molecule has 2 aromatic carbocycles. The van der Waals surface area contributed by atoms with Gasteiger partial charge < -0.3 is 25.8 Å². The Morgan fingerprint density at radius 1 is 1.00 bits per heavy atom. The van der Waals surface area contributed by atoms with Crippen LogP contribution in [-0.2, 0) is 4.74 Å². The predicted molar refractivity (Wildman–Crippen MR) is 120 cm³/mol. The molecule has 1 aliphatic rings. The molecule has 0 bridgehead atoms. The number of nitrogen functional groups attached to an aromatic ring is 1. The van der Waals surface area contributed by atoms with Crippen LogP contribution < -0.4 is 16.2 Å². The maximum Gasteiger partial charge on any atom is 0.280 e. The average molecular weight is 450 g/mol. The molecular weight excluding hydrogens is 428 g/mol. The number of aliphatic hydroxyl groups excluding tert-OH is 3. The molecular formula is C22H22N6O5. The van der Waals surface area contributed by atoms with Gasteiger partial charge in [-0.1, -0.05) is 36.4 Å². The van der Waals surface area contributed by atoms with Crippen molar-refractivity contribution < 1.29 is 20.1 Å². The molecule has 3 heterocycles. The van der Waals surface area contributed by atoms with E-state index in [1.807, 2.05) is 60.7 Å². The zero-order chi connectivity index (χ0) is 23.1. The summed E-state index contributed by atoms with van der Waals surface area (Å²) < 4.78 is 7.20. The van der Waals surface area contributed by atoms with Crippen molar-refractivity contribution in [1.82, 2.24) is 19.5 Å². The number of aromatic nitrogens is 4. The molecule has 170 valence electrons. The van der Waals surface area contributed by atoms with Crippen molar-refractivity contribution >= 4 is 34.4 Å². The van der Waals surface area contributed by atoms with Gasteiger partial charge in [-0.3, -0.25) is 19.2 Å². The van der Waals surface area contributed by atoms with Crippen LogP contribution in [0.3, 0.4) is 0 Å². The van der Waals surface area contributed by atoms with E-state index in [0.717, 1.165) is 11.4 Å². The lowest BCUT2D eigenvalue weighted by Crippen LogP contribution is -2.33. The van der Waals surface area contributed by atoms with Gasteiger partial charge in [-0.05, 0) is 24.3 Å². The van der Waals surface area contributed by atoms with Gasteiger partial charge in [-0.15, -0.1) is 0 Å². The molecule has 0 unspecified atom stereocenters. The zero-order valence-corrected chi connectivity index (χ0v) is 17.3. The smallest absolute Gasteiger partial charge is 0.280 e. The molecule has 0 aliphatic carbocycles. The summed E-state index contributed by atoms with van der Waals surface area (Å²) in [6, 6.07) is 18.6. The van der Waals surface area contributed by atoms with E-state index < -0.39 is 36.7 Å². The molecule has 0 saturated carbocycles. The van der Waals surface area contributed by atoms with E-state index in [9.17, 15) is 20.1 Å². The number of rotatable bonds is 5. The summed E-state index contributed by atoms with van der Waals surface area (Å²) >= 11 is 0. The standard InChI is InChI=1S/C22H22N6O5/c23-21-25-18-15(19(32)26-21)24-22(28(18)20-17(31)16(30)14(11-29)33-20)27(12-7-3-1-4-8-12)13-9-5-2-6-10-13/h1-10,14,16-17,20,29-31H,11H2,(H3,23,25,26,32)/t14-,16-,17-,20-/m1/s1. The van der Waals surface area contributed by atoms with Crippen LogP contribution in [0, 0.1) is 0 Å². The van der Waals surface area contributed by atoms with E-state index in [0.29, 0.717) is 0 Å². The first kappa shape index (κ1) is 21.1. The van der Waals surface area contributed by atoms with Gasteiger partial charge in [0.05, 0.1) is 6.61 Å². The summed E-state index contributed by atoms with van der Waals surface area (Å²) in [4.78, 5) is 25.7. The second-order valence-corrected chi connectivity index (χ2v) is 7.64. The quantitative estimate of drug-likeness (QED) is 0.296.